The second kappa shape index (κ2) is 6.88. The fourth-order valence-electron chi connectivity index (χ4n) is 2.85. The van der Waals surface area contributed by atoms with Gasteiger partial charge in [0.2, 0.25) is 6.79 Å². The molecule has 0 amide bonds. The monoisotopic (exact) mass is 301 g/mol. The Balaban J connectivity index is 1.48. The maximum atomic E-state index is 5.56. The maximum absolute atomic E-state index is 5.56. The van der Waals surface area contributed by atoms with Gasteiger partial charge in [0.15, 0.2) is 11.5 Å². The Kier molecular flexibility index (Phi) is 4.68. The molecule has 2 aromatic rings. The van der Waals surface area contributed by atoms with E-state index in [1.54, 1.807) is 6.26 Å². The van der Waals surface area contributed by atoms with E-state index in [4.69, 9.17) is 13.9 Å². The molecule has 0 aliphatic carbocycles. The lowest BCUT2D eigenvalue weighted by molar-refractivity contribution is 0.174. The van der Waals surface area contributed by atoms with Crippen LogP contribution in [0.25, 0.3) is 0 Å². The zero-order valence-electron chi connectivity index (χ0n) is 13.2. The number of fused-ring (bicyclic) bond motifs is 1. The van der Waals surface area contributed by atoms with Crippen LogP contribution in [0, 0.1) is 5.92 Å². The zero-order valence-corrected chi connectivity index (χ0v) is 13.2. The molecule has 118 valence electrons. The fourth-order valence-corrected chi connectivity index (χ4v) is 2.85. The van der Waals surface area contributed by atoms with Crippen molar-refractivity contribution in [2.24, 2.45) is 5.92 Å². The van der Waals surface area contributed by atoms with Gasteiger partial charge in [-0.05, 0) is 48.7 Å². The summed E-state index contributed by atoms with van der Waals surface area (Å²) in [5, 5.41) is 3.50. The van der Waals surface area contributed by atoms with Gasteiger partial charge in [-0.2, -0.15) is 0 Å². The summed E-state index contributed by atoms with van der Waals surface area (Å²) in [6, 6.07) is 10.1. The second-order valence-corrected chi connectivity index (χ2v) is 6.02. The predicted octanol–water partition coefficient (Wildman–Crippen LogP) is 3.93. The van der Waals surface area contributed by atoms with Gasteiger partial charge in [-0.15, -0.1) is 0 Å². The molecule has 4 nitrogen and oxygen atoms in total. The van der Waals surface area contributed by atoms with Crippen molar-refractivity contribution in [2.75, 3.05) is 13.3 Å². The minimum Gasteiger partial charge on any atom is -0.469 e. The molecule has 1 unspecified atom stereocenters. The molecule has 1 aromatic heterocycles. The highest BCUT2D eigenvalue weighted by atomic mass is 16.7. The Bertz CT molecular complexity index is 592. The topological polar surface area (TPSA) is 43.6 Å². The smallest absolute Gasteiger partial charge is 0.231 e. The van der Waals surface area contributed by atoms with E-state index >= 15 is 0 Å². The van der Waals surface area contributed by atoms with Gasteiger partial charge in [-0.1, -0.05) is 19.9 Å². The lowest BCUT2D eigenvalue weighted by atomic mass is 9.90. The molecule has 1 N–H and O–H groups in total. The molecule has 22 heavy (non-hydrogen) atoms. The molecule has 0 spiro atoms. The lowest BCUT2D eigenvalue weighted by Gasteiger charge is -2.18. The van der Waals surface area contributed by atoms with Crippen LogP contribution in [0.1, 0.15) is 37.5 Å². The molecule has 1 aliphatic rings. The summed E-state index contributed by atoms with van der Waals surface area (Å²) in [5.74, 6) is 3.79. The third kappa shape index (κ3) is 3.45. The molecule has 2 heterocycles. The number of nitrogens with one attached hydrogen (secondary N) is 1. The van der Waals surface area contributed by atoms with Crippen molar-refractivity contribution in [2.45, 2.75) is 32.7 Å². The molecule has 0 bridgehead atoms. The fraction of sp³-hybridized carbons (Fsp3) is 0.444. The third-order valence-electron chi connectivity index (χ3n) is 4.11. The second-order valence-electron chi connectivity index (χ2n) is 6.02. The Hall–Kier alpha value is -1.94. The first kappa shape index (κ1) is 15.0. The first-order chi connectivity index (χ1) is 10.7. The van der Waals surface area contributed by atoms with Gasteiger partial charge in [0.25, 0.3) is 0 Å². The predicted molar refractivity (Wildman–Crippen MR) is 85.2 cm³/mol. The van der Waals surface area contributed by atoms with Gasteiger partial charge in [0, 0.05) is 12.5 Å². The standard InChI is InChI=1S/C18H23NO3/c1-13(2)15(16-4-3-9-20-16)7-8-19-11-14-5-6-17-18(10-14)22-12-21-17/h3-6,9-10,13,15,19H,7-8,11-12H2,1-2H3. The molecule has 0 fully saturated rings. The van der Waals surface area contributed by atoms with Crippen molar-refractivity contribution < 1.29 is 13.9 Å². The van der Waals surface area contributed by atoms with Gasteiger partial charge >= 0.3 is 0 Å². The normalized spacial score (nSPS) is 14.5. The third-order valence-corrected chi connectivity index (χ3v) is 4.11. The average Bonchev–Trinajstić information content (AvgIpc) is 3.17. The molecule has 0 saturated carbocycles. The molecule has 1 atom stereocenters. The van der Waals surface area contributed by atoms with Crippen LogP contribution in [0.2, 0.25) is 0 Å². The highest BCUT2D eigenvalue weighted by molar-refractivity contribution is 5.44. The van der Waals surface area contributed by atoms with Crippen LogP contribution in [0.5, 0.6) is 11.5 Å². The van der Waals surface area contributed by atoms with Crippen LogP contribution in [-0.4, -0.2) is 13.3 Å². The van der Waals surface area contributed by atoms with Crippen molar-refractivity contribution in [1.29, 1.82) is 0 Å². The summed E-state index contributed by atoms with van der Waals surface area (Å²) in [6.45, 7) is 6.60. The first-order valence-corrected chi connectivity index (χ1v) is 7.86. The number of benzene rings is 1. The number of ether oxygens (including phenoxy) is 2. The molecule has 1 aromatic carbocycles. The van der Waals surface area contributed by atoms with Crippen LogP contribution in [0.4, 0.5) is 0 Å². The molecule has 0 radical (unpaired) electrons. The van der Waals surface area contributed by atoms with Crippen molar-refractivity contribution in [3.8, 4) is 11.5 Å². The summed E-state index contributed by atoms with van der Waals surface area (Å²) in [4.78, 5) is 0. The van der Waals surface area contributed by atoms with E-state index in [1.165, 1.54) is 5.56 Å². The zero-order chi connectivity index (χ0) is 15.4. The van der Waals surface area contributed by atoms with E-state index in [0.717, 1.165) is 36.8 Å². The SMILES string of the molecule is CC(C)C(CCNCc1ccc2c(c1)OCO2)c1ccco1. The molecular weight excluding hydrogens is 278 g/mol. The summed E-state index contributed by atoms with van der Waals surface area (Å²) in [5.41, 5.74) is 1.21. The van der Waals surface area contributed by atoms with E-state index in [2.05, 4.69) is 31.3 Å². The van der Waals surface area contributed by atoms with Crippen LogP contribution in [0.3, 0.4) is 0 Å². The Labute approximate surface area is 131 Å². The van der Waals surface area contributed by atoms with Crippen LogP contribution in [0.15, 0.2) is 41.0 Å². The Morgan fingerprint density at radius 2 is 2.00 bits per heavy atom. The van der Waals surface area contributed by atoms with Gasteiger partial charge in [-0.25, -0.2) is 0 Å². The molecule has 3 rings (SSSR count). The largest absolute Gasteiger partial charge is 0.469 e. The van der Waals surface area contributed by atoms with E-state index in [-0.39, 0.29) is 0 Å². The molecule has 1 aliphatic heterocycles. The number of hydrogen-bond acceptors (Lipinski definition) is 4. The Morgan fingerprint density at radius 1 is 1.14 bits per heavy atom. The highest BCUT2D eigenvalue weighted by Gasteiger charge is 2.18. The van der Waals surface area contributed by atoms with E-state index in [1.807, 2.05) is 18.2 Å². The van der Waals surface area contributed by atoms with Crippen molar-refractivity contribution >= 4 is 0 Å². The summed E-state index contributed by atoms with van der Waals surface area (Å²) >= 11 is 0. The molecule has 0 saturated heterocycles. The minimum absolute atomic E-state index is 0.325. The highest BCUT2D eigenvalue weighted by Crippen LogP contribution is 2.32. The molecular formula is C18H23NO3. The van der Waals surface area contributed by atoms with E-state index in [0.29, 0.717) is 18.6 Å². The number of hydrogen-bond donors (Lipinski definition) is 1. The van der Waals surface area contributed by atoms with Crippen LogP contribution >= 0.6 is 0 Å². The van der Waals surface area contributed by atoms with Crippen molar-refractivity contribution in [3.05, 3.63) is 47.9 Å². The quantitative estimate of drug-likeness (QED) is 0.787. The average molecular weight is 301 g/mol. The first-order valence-electron chi connectivity index (χ1n) is 7.86. The van der Waals surface area contributed by atoms with Gasteiger partial charge < -0.3 is 19.2 Å². The summed E-state index contributed by atoms with van der Waals surface area (Å²) in [6.07, 6.45) is 2.82. The van der Waals surface area contributed by atoms with Crippen molar-refractivity contribution in [1.82, 2.24) is 5.32 Å². The van der Waals surface area contributed by atoms with Crippen LogP contribution < -0.4 is 14.8 Å². The minimum atomic E-state index is 0.325. The maximum Gasteiger partial charge on any atom is 0.231 e. The van der Waals surface area contributed by atoms with Crippen LogP contribution in [-0.2, 0) is 6.54 Å². The number of rotatable bonds is 7. The molecule has 4 heteroatoms. The van der Waals surface area contributed by atoms with Gasteiger partial charge in [0.1, 0.15) is 5.76 Å². The number of furan rings is 1. The summed E-state index contributed by atoms with van der Waals surface area (Å²) < 4.78 is 16.3. The Morgan fingerprint density at radius 3 is 2.77 bits per heavy atom. The van der Waals surface area contributed by atoms with Crippen molar-refractivity contribution in [3.63, 3.8) is 0 Å². The van der Waals surface area contributed by atoms with E-state index < -0.39 is 0 Å². The lowest BCUT2D eigenvalue weighted by Crippen LogP contribution is -2.19. The van der Waals surface area contributed by atoms with E-state index in [9.17, 15) is 0 Å². The van der Waals surface area contributed by atoms with Gasteiger partial charge in [-0.3, -0.25) is 0 Å². The summed E-state index contributed by atoms with van der Waals surface area (Å²) in [7, 11) is 0. The van der Waals surface area contributed by atoms with Gasteiger partial charge in [0.05, 0.1) is 6.26 Å².